The Bertz CT molecular complexity index is 403. The van der Waals surface area contributed by atoms with Crippen LogP contribution in [0.15, 0.2) is 6.07 Å². The average Bonchev–Trinajstić information content (AvgIpc) is 2.56. The molecule has 1 fully saturated rings. The summed E-state index contributed by atoms with van der Waals surface area (Å²) >= 11 is 0. The normalized spacial score (nSPS) is 21.0. The summed E-state index contributed by atoms with van der Waals surface area (Å²) in [6.07, 6.45) is 2.11. The van der Waals surface area contributed by atoms with Crippen LogP contribution in [0.5, 0.6) is 0 Å². The van der Waals surface area contributed by atoms with Gasteiger partial charge in [-0.15, -0.1) is 0 Å². The molecule has 1 aliphatic heterocycles. The van der Waals surface area contributed by atoms with Crippen molar-refractivity contribution >= 4 is 5.97 Å². The third kappa shape index (κ3) is 1.85. The second kappa shape index (κ2) is 4.29. The van der Waals surface area contributed by atoms with Crippen molar-refractivity contribution in [2.45, 2.75) is 32.7 Å². The highest BCUT2D eigenvalue weighted by atomic mass is 16.5. The molecule has 1 aromatic rings. The zero-order chi connectivity index (χ0) is 11.7. The van der Waals surface area contributed by atoms with Gasteiger partial charge in [-0.1, -0.05) is 0 Å². The molecule has 16 heavy (non-hydrogen) atoms. The predicted octanol–water partition coefficient (Wildman–Crippen LogP) is 2.15. The van der Waals surface area contributed by atoms with Crippen molar-refractivity contribution < 1.29 is 14.6 Å². The smallest absolute Gasteiger partial charge is 0.337 e. The lowest BCUT2D eigenvalue weighted by molar-refractivity contribution is 0.0576. The van der Waals surface area contributed by atoms with E-state index in [9.17, 15) is 4.79 Å². The number of carbonyl (C=O) groups is 1. The second-order valence-electron chi connectivity index (χ2n) is 4.33. The topological polar surface area (TPSA) is 51.5 Å². The number of ether oxygens (including phenoxy) is 1. The molecule has 2 rings (SSSR count). The highest BCUT2D eigenvalue weighted by Crippen LogP contribution is 2.26. The van der Waals surface area contributed by atoms with Crippen LogP contribution in [-0.4, -0.2) is 28.9 Å². The number of aromatic carboxylic acids is 1. The lowest BCUT2D eigenvalue weighted by Crippen LogP contribution is -2.23. The van der Waals surface area contributed by atoms with Gasteiger partial charge in [0, 0.05) is 18.0 Å². The Kier molecular flexibility index (Phi) is 3.01. The van der Waals surface area contributed by atoms with Crippen molar-refractivity contribution in [2.24, 2.45) is 0 Å². The van der Waals surface area contributed by atoms with E-state index in [1.807, 2.05) is 13.8 Å². The second-order valence-corrected chi connectivity index (χ2v) is 4.33. The maximum Gasteiger partial charge on any atom is 0.337 e. The van der Waals surface area contributed by atoms with Gasteiger partial charge in [-0.2, -0.15) is 0 Å². The molecule has 0 bridgehead atoms. The zero-order valence-corrected chi connectivity index (χ0v) is 9.69. The number of hydrogen-bond acceptors (Lipinski definition) is 2. The Labute approximate surface area is 94.8 Å². The largest absolute Gasteiger partial charge is 0.478 e. The number of aryl methyl sites for hydroxylation is 1. The third-order valence-corrected chi connectivity index (χ3v) is 3.22. The first kappa shape index (κ1) is 11.2. The lowest BCUT2D eigenvalue weighted by Gasteiger charge is -2.26. The molecule has 1 aromatic heterocycles. The summed E-state index contributed by atoms with van der Waals surface area (Å²) in [7, 11) is 0. The van der Waals surface area contributed by atoms with E-state index in [0.29, 0.717) is 18.2 Å². The van der Waals surface area contributed by atoms with Gasteiger partial charge in [-0.25, -0.2) is 4.79 Å². The summed E-state index contributed by atoms with van der Waals surface area (Å²) in [5.74, 6) is -0.851. The van der Waals surface area contributed by atoms with Gasteiger partial charge in [-0.05, 0) is 32.8 Å². The molecule has 0 amide bonds. The predicted molar refractivity (Wildman–Crippen MR) is 60.0 cm³/mol. The molecule has 0 radical (unpaired) electrons. The third-order valence-electron chi connectivity index (χ3n) is 3.22. The molecule has 0 aromatic carbocycles. The molecular formula is C12H17NO3. The number of carboxylic acid groups (broad SMARTS) is 1. The van der Waals surface area contributed by atoms with Crippen molar-refractivity contribution in [3.63, 3.8) is 0 Å². The fourth-order valence-corrected chi connectivity index (χ4v) is 2.48. The van der Waals surface area contributed by atoms with Crippen LogP contribution in [0.4, 0.5) is 0 Å². The van der Waals surface area contributed by atoms with Gasteiger partial charge in [0.15, 0.2) is 0 Å². The Morgan fingerprint density at radius 1 is 1.56 bits per heavy atom. The van der Waals surface area contributed by atoms with E-state index in [2.05, 4.69) is 4.57 Å². The Balaban J connectivity index is 2.36. The fraction of sp³-hybridized carbons (Fsp3) is 0.583. The van der Waals surface area contributed by atoms with Gasteiger partial charge in [0.2, 0.25) is 0 Å². The molecule has 0 saturated carbocycles. The summed E-state index contributed by atoms with van der Waals surface area (Å²) < 4.78 is 7.55. The average molecular weight is 223 g/mol. The SMILES string of the molecule is Cc1cc(C(=O)O)c(C)n1[C@@H]1CCCOC1. The molecule has 4 nitrogen and oxygen atoms in total. The number of aromatic nitrogens is 1. The van der Waals surface area contributed by atoms with Crippen molar-refractivity contribution in [1.82, 2.24) is 4.57 Å². The van der Waals surface area contributed by atoms with Crippen LogP contribution in [0.25, 0.3) is 0 Å². The monoisotopic (exact) mass is 223 g/mol. The highest BCUT2D eigenvalue weighted by Gasteiger charge is 2.22. The number of hydrogen-bond donors (Lipinski definition) is 1. The van der Waals surface area contributed by atoms with Crippen molar-refractivity contribution in [3.8, 4) is 0 Å². The van der Waals surface area contributed by atoms with E-state index >= 15 is 0 Å². The van der Waals surface area contributed by atoms with Crippen molar-refractivity contribution in [3.05, 3.63) is 23.0 Å². The van der Waals surface area contributed by atoms with Crippen LogP contribution in [0, 0.1) is 13.8 Å². The number of nitrogens with zero attached hydrogens (tertiary/aromatic N) is 1. The van der Waals surface area contributed by atoms with Crippen LogP contribution < -0.4 is 0 Å². The van der Waals surface area contributed by atoms with E-state index < -0.39 is 5.97 Å². The van der Waals surface area contributed by atoms with Gasteiger partial charge in [0.1, 0.15) is 0 Å². The Morgan fingerprint density at radius 3 is 2.81 bits per heavy atom. The van der Waals surface area contributed by atoms with Crippen molar-refractivity contribution in [1.29, 1.82) is 0 Å². The van der Waals surface area contributed by atoms with Crippen LogP contribution >= 0.6 is 0 Å². The van der Waals surface area contributed by atoms with Crippen LogP contribution in [-0.2, 0) is 4.74 Å². The fourth-order valence-electron chi connectivity index (χ4n) is 2.48. The first-order valence-electron chi connectivity index (χ1n) is 5.60. The molecule has 0 spiro atoms. The Hall–Kier alpha value is -1.29. The molecule has 4 heteroatoms. The molecule has 1 atom stereocenters. The van der Waals surface area contributed by atoms with Gasteiger partial charge in [0.25, 0.3) is 0 Å². The minimum atomic E-state index is -0.851. The van der Waals surface area contributed by atoms with E-state index in [-0.39, 0.29) is 0 Å². The summed E-state index contributed by atoms with van der Waals surface area (Å²) in [6, 6.07) is 2.04. The molecule has 2 heterocycles. The summed E-state index contributed by atoms with van der Waals surface area (Å²) in [5.41, 5.74) is 2.24. The molecule has 88 valence electrons. The molecule has 0 aliphatic carbocycles. The van der Waals surface area contributed by atoms with Gasteiger partial charge in [0.05, 0.1) is 18.2 Å². The zero-order valence-electron chi connectivity index (χ0n) is 9.69. The first-order chi connectivity index (χ1) is 7.61. The van der Waals surface area contributed by atoms with E-state index in [1.54, 1.807) is 6.07 Å². The number of rotatable bonds is 2. The van der Waals surface area contributed by atoms with Crippen molar-refractivity contribution in [2.75, 3.05) is 13.2 Å². The van der Waals surface area contributed by atoms with Gasteiger partial charge in [-0.3, -0.25) is 0 Å². The van der Waals surface area contributed by atoms with E-state index in [1.165, 1.54) is 0 Å². The Morgan fingerprint density at radius 2 is 2.31 bits per heavy atom. The maximum absolute atomic E-state index is 11.0. The standard InChI is InChI=1S/C12H17NO3/c1-8-6-11(12(14)15)9(2)13(8)10-4-3-5-16-7-10/h6,10H,3-5,7H2,1-2H3,(H,14,15)/t10-/m1/s1. The lowest BCUT2D eigenvalue weighted by atomic mass is 10.1. The highest BCUT2D eigenvalue weighted by molar-refractivity contribution is 5.89. The van der Waals surface area contributed by atoms with Gasteiger partial charge < -0.3 is 14.4 Å². The summed E-state index contributed by atoms with van der Waals surface area (Å²) in [4.78, 5) is 11.0. The molecule has 1 aliphatic rings. The minimum Gasteiger partial charge on any atom is -0.478 e. The van der Waals surface area contributed by atoms with Gasteiger partial charge >= 0.3 is 5.97 Å². The summed E-state index contributed by atoms with van der Waals surface area (Å²) in [5, 5.41) is 9.06. The quantitative estimate of drug-likeness (QED) is 0.835. The van der Waals surface area contributed by atoms with E-state index in [0.717, 1.165) is 30.8 Å². The minimum absolute atomic E-state index is 0.293. The number of carboxylic acids is 1. The first-order valence-corrected chi connectivity index (χ1v) is 5.60. The van der Waals surface area contributed by atoms with Crippen LogP contribution in [0.2, 0.25) is 0 Å². The molecule has 0 unspecified atom stereocenters. The molecular weight excluding hydrogens is 206 g/mol. The van der Waals surface area contributed by atoms with E-state index in [4.69, 9.17) is 9.84 Å². The van der Waals surface area contributed by atoms with Crippen LogP contribution in [0.3, 0.4) is 0 Å². The molecule has 1 N–H and O–H groups in total. The maximum atomic E-state index is 11.0. The summed E-state index contributed by atoms with van der Waals surface area (Å²) in [6.45, 7) is 5.33. The van der Waals surface area contributed by atoms with Crippen LogP contribution in [0.1, 0.15) is 40.6 Å². The molecule has 1 saturated heterocycles.